The minimum atomic E-state index is 0.0177. The summed E-state index contributed by atoms with van der Waals surface area (Å²) >= 11 is 1.45. The van der Waals surface area contributed by atoms with Crippen LogP contribution in [0.25, 0.3) is 10.6 Å². The Hall–Kier alpha value is -1.66. The number of carbonyl (C=O) groups excluding carboxylic acids is 1. The largest absolute Gasteiger partial charge is 0.364 e. The summed E-state index contributed by atoms with van der Waals surface area (Å²) in [5.74, 6) is 0.0177. The van der Waals surface area contributed by atoms with Gasteiger partial charge in [0.15, 0.2) is 0 Å². The minimum Gasteiger partial charge on any atom is -0.364 e. The van der Waals surface area contributed by atoms with E-state index in [1.54, 1.807) is 6.07 Å². The lowest BCUT2D eigenvalue weighted by atomic mass is 9.95. The molecule has 2 N–H and O–H groups in total. The molecule has 0 spiro atoms. The van der Waals surface area contributed by atoms with Gasteiger partial charge in [-0.05, 0) is 31.4 Å². The number of fused-ring (bicyclic) bond motifs is 2. The van der Waals surface area contributed by atoms with Crippen molar-refractivity contribution >= 4 is 17.2 Å². The molecule has 2 fully saturated rings. The van der Waals surface area contributed by atoms with Crippen molar-refractivity contribution in [2.24, 2.45) is 0 Å². The van der Waals surface area contributed by atoms with Crippen molar-refractivity contribution in [1.82, 2.24) is 15.8 Å². The number of thiophene rings is 1. The zero-order valence-electron chi connectivity index (χ0n) is 10.8. The zero-order valence-corrected chi connectivity index (χ0v) is 11.7. The number of nitrogens with zero attached hydrogens (tertiary/aromatic N) is 1. The van der Waals surface area contributed by atoms with E-state index in [0.717, 1.165) is 21.9 Å². The van der Waals surface area contributed by atoms with E-state index < -0.39 is 0 Å². The van der Waals surface area contributed by atoms with Crippen LogP contribution in [0.5, 0.6) is 0 Å². The van der Waals surface area contributed by atoms with E-state index in [4.69, 9.17) is 4.52 Å². The summed E-state index contributed by atoms with van der Waals surface area (Å²) in [6.45, 7) is 0. The molecule has 0 aromatic carbocycles. The Kier molecular flexibility index (Phi) is 2.85. The number of hydrogen-bond donors (Lipinski definition) is 2. The van der Waals surface area contributed by atoms with Crippen molar-refractivity contribution in [2.45, 2.75) is 37.4 Å². The number of nitrogens with one attached hydrogen (secondary N) is 2. The summed E-state index contributed by atoms with van der Waals surface area (Å²) in [4.78, 5) is 14.0. The van der Waals surface area contributed by atoms with E-state index in [9.17, 15) is 4.79 Å². The van der Waals surface area contributed by atoms with E-state index in [0.29, 0.717) is 12.1 Å². The van der Waals surface area contributed by atoms with Crippen LogP contribution in [0.4, 0.5) is 0 Å². The third-order valence-electron chi connectivity index (χ3n) is 4.14. The molecule has 0 radical (unpaired) electrons. The fourth-order valence-corrected chi connectivity index (χ4v) is 4.03. The molecule has 0 aliphatic carbocycles. The van der Waals surface area contributed by atoms with Gasteiger partial charge in [0, 0.05) is 24.2 Å². The van der Waals surface area contributed by atoms with E-state index in [-0.39, 0.29) is 11.9 Å². The molecule has 4 heterocycles. The van der Waals surface area contributed by atoms with Gasteiger partial charge < -0.3 is 15.2 Å². The van der Waals surface area contributed by atoms with Crippen LogP contribution in [0.1, 0.15) is 28.9 Å². The molecule has 2 bridgehead atoms. The molecule has 2 aromatic heterocycles. The lowest BCUT2D eigenvalue weighted by Crippen LogP contribution is -2.42. The van der Waals surface area contributed by atoms with Crippen LogP contribution >= 0.6 is 11.3 Å². The van der Waals surface area contributed by atoms with E-state index in [1.807, 2.05) is 12.1 Å². The highest BCUT2D eigenvalue weighted by molar-refractivity contribution is 7.17. The van der Waals surface area contributed by atoms with Crippen LogP contribution in [-0.4, -0.2) is 29.2 Å². The fraction of sp³-hybridized carbons (Fsp3) is 0.429. The second kappa shape index (κ2) is 4.71. The van der Waals surface area contributed by atoms with Crippen molar-refractivity contribution < 1.29 is 9.32 Å². The van der Waals surface area contributed by atoms with Crippen LogP contribution < -0.4 is 10.6 Å². The van der Waals surface area contributed by atoms with Crippen LogP contribution in [0.3, 0.4) is 0 Å². The van der Waals surface area contributed by atoms with E-state index >= 15 is 0 Å². The molecule has 3 atom stereocenters. The summed E-state index contributed by atoms with van der Waals surface area (Å²) in [6.07, 6.45) is 5.00. The van der Waals surface area contributed by atoms with Crippen molar-refractivity contribution in [2.75, 3.05) is 0 Å². The predicted molar refractivity (Wildman–Crippen MR) is 75.6 cm³/mol. The summed E-state index contributed by atoms with van der Waals surface area (Å²) in [5.41, 5.74) is 0.774. The number of carbonyl (C=O) groups is 1. The van der Waals surface area contributed by atoms with Gasteiger partial charge >= 0.3 is 0 Å². The topological polar surface area (TPSA) is 67.2 Å². The summed E-state index contributed by atoms with van der Waals surface area (Å²) in [5, 5.41) is 10.6. The second-order valence-electron chi connectivity index (χ2n) is 5.41. The Morgan fingerprint density at radius 1 is 1.40 bits per heavy atom. The predicted octanol–water partition coefficient (Wildman–Crippen LogP) is 2.03. The third kappa shape index (κ3) is 2.05. The Labute approximate surface area is 120 Å². The molecule has 20 heavy (non-hydrogen) atoms. The van der Waals surface area contributed by atoms with Gasteiger partial charge in [0.25, 0.3) is 5.91 Å². The van der Waals surface area contributed by atoms with E-state index in [1.165, 1.54) is 30.4 Å². The molecular formula is C14H15N3O2S. The second-order valence-corrected chi connectivity index (χ2v) is 6.50. The Balaban J connectivity index is 1.46. The van der Waals surface area contributed by atoms with Crippen molar-refractivity contribution in [3.8, 4) is 10.6 Å². The first kappa shape index (κ1) is 12.1. The maximum atomic E-state index is 12.3. The van der Waals surface area contributed by atoms with Gasteiger partial charge in [0.2, 0.25) is 0 Å². The van der Waals surface area contributed by atoms with Gasteiger partial charge in [0.05, 0.1) is 9.75 Å². The Bertz CT molecular complexity index is 622. The number of aromatic nitrogens is 1. The number of amides is 1. The van der Waals surface area contributed by atoms with Gasteiger partial charge in [-0.25, -0.2) is 0 Å². The van der Waals surface area contributed by atoms with Crippen LogP contribution in [-0.2, 0) is 0 Å². The number of rotatable bonds is 3. The first-order valence-corrected chi connectivity index (χ1v) is 7.69. The molecule has 104 valence electrons. The van der Waals surface area contributed by atoms with Crippen LogP contribution in [0, 0.1) is 0 Å². The monoisotopic (exact) mass is 289 g/mol. The maximum Gasteiger partial charge on any atom is 0.261 e. The molecule has 0 saturated carbocycles. The van der Waals surface area contributed by atoms with Gasteiger partial charge in [0.1, 0.15) is 12.0 Å². The third-order valence-corrected chi connectivity index (χ3v) is 5.24. The number of hydrogen-bond acceptors (Lipinski definition) is 5. The molecule has 2 saturated heterocycles. The highest BCUT2D eigenvalue weighted by atomic mass is 32.1. The normalized spacial score (nSPS) is 27.9. The fourth-order valence-electron chi connectivity index (χ4n) is 3.16. The summed E-state index contributed by atoms with van der Waals surface area (Å²) < 4.78 is 4.83. The first-order valence-electron chi connectivity index (χ1n) is 6.87. The molecule has 2 aliphatic rings. The zero-order chi connectivity index (χ0) is 13.5. The van der Waals surface area contributed by atoms with Gasteiger partial charge in [-0.2, -0.15) is 0 Å². The van der Waals surface area contributed by atoms with Gasteiger partial charge in [-0.15, -0.1) is 11.3 Å². The van der Waals surface area contributed by atoms with Crippen LogP contribution in [0.15, 0.2) is 29.0 Å². The lowest BCUT2D eigenvalue weighted by Gasteiger charge is -2.20. The lowest BCUT2D eigenvalue weighted by molar-refractivity contribution is 0.0935. The molecule has 1 amide bonds. The van der Waals surface area contributed by atoms with Crippen LogP contribution in [0.2, 0.25) is 0 Å². The van der Waals surface area contributed by atoms with Gasteiger partial charge in [-0.3, -0.25) is 4.79 Å². The molecule has 6 heteroatoms. The Morgan fingerprint density at radius 3 is 3.05 bits per heavy atom. The molecular weight excluding hydrogens is 274 g/mol. The SMILES string of the molecule is O=C(N[C@@H]1C[C@H]2CC[C@@H]1N2)c1ccc(-c2ccon2)s1. The molecule has 4 rings (SSSR count). The molecule has 0 unspecified atom stereocenters. The summed E-state index contributed by atoms with van der Waals surface area (Å²) in [7, 11) is 0. The van der Waals surface area contributed by atoms with Crippen molar-refractivity contribution in [3.05, 3.63) is 29.3 Å². The van der Waals surface area contributed by atoms with E-state index in [2.05, 4.69) is 15.8 Å². The highest BCUT2D eigenvalue weighted by Gasteiger charge is 2.39. The highest BCUT2D eigenvalue weighted by Crippen LogP contribution is 2.30. The average Bonchev–Trinajstić information content (AvgIpc) is 3.21. The summed E-state index contributed by atoms with van der Waals surface area (Å²) in [6, 6.07) is 6.89. The molecule has 5 nitrogen and oxygen atoms in total. The standard InChI is InChI=1S/C14H15N3O2S/c18-14(16-11-7-8-1-2-9(11)15-8)13-4-3-12(20-13)10-5-6-19-17-10/h3-6,8-9,11,15H,1-2,7H2,(H,16,18)/t8-,9+,11-/m1/s1. The Morgan fingerprint density at radius 2 is 2.35 bits per heavy atom. The first-order chi connectivity index (χ1) is 9.79. The molecule has 2 aromatic rings. The average molecular weight is 289 g/mol. The van der Waals surface area contributed by atoms with Crippen molar-refractivity contribution in [1.29, 1.82) is 0 Å². The van der Waals surface area contributed by atoms with Gasteiger partial charge in [-0.1, -0.05) is 5.16 Å². The smallest absolute Gasteiger partial charge is 0.261 e. The minimum absolute atomic E-state index is 0.0177. The molecule has 2 aliphatic heterocycles. The quantitative estimate of drug-likeness (QED) is 0.907. The maximum absolute atomic E-state index is 12.3. The van der Waals surface area contributed by atoms with Crippen molar-refractivity contribution in [3.63, 3.8) is 0 Å².